The third kappa shape index (κ3) is 6.63. The van der Waals surface area contributed by atoms with Gasteiger partial charge in [-0.05, 0) is 67.6 Å². The first-order chi connectivity index (χ1) is 19.9. The Bertz CT molecular complexity index is 1650. The second-order valence-electron chi connectivity index (χ2n) is 10.2. The summed E-state index contributed by atoms with van der Waals surface area (Å²) >= 11 is 0. The number of aromatic nitrogens is 2. The minimum absolute atomic E-state index is 0.0898. The van der Waals surface area contributed by atoms with Gasteiger partial charge in [-0.1, -0.05) is 36.4 Å². The molecule has 1 amide bonds. The van der Waals surface area contributed by atoms with Gasteiger partial charge in [0.2, 0.25) is 5.91 Å². The molecule has 1 fully saturated rings. The SMILES string of the molecule is COc1ccc(NC(=O)Cn2c(=O)n(CC3CCCO3)c(=O)c3ccc(C(=O)CCCc4ccccc4)cc32)cc1. The molecular formula is C32H33N3O6. The van der Waals surface area contributed by atoms with E-state index < -0.39 is 17.2 Å². The molecule has 1 aliphatic rings. The lowest BCUT2D eigenvalue weighted by atomic mass is 10.0. The Morgan fingerprint density at radius 3 is 2.49 bits per heavy atom. The van der Waals surface area contributed by atoms with Crippen LogP contribution in [0.1, 0.15) is 41.6 Å². The normalized spacial score (nSPS) is 14.7. The van der Waals surface area contributed by atoms with E-state index >= 15 is 0 Å². The van der Waals surface area contributed by atoms with Crippen LogP contribution in [0, 0.1) is 0 Å². The fraction of sp³-hybridized carbons (Fsp3) is 0.312. The fourth-order valence-electron chi connectivity index (χ4n) is 5.16. The number of ketones is 1. The van der Waals surface area contributed by atoms with Gasteiger partial charge in [0.05, 0.1) is 30.7 Å². The number of hydrogen-bond acceptors (Lipinski definition) is 6. The summed E-state index contributed by atoms with van der Waals surface area (Å²) in [7, 11) is 1.55. The van der Waals surface area contributed by atoms with Crippen molar-refractivity contribution < 1.29 is 19.1 Å². The predicted octanol–water partition coefficient (Wildman–Crippen LogP) is 4.20. The molecule has 0 saturated carbocycles. The Balaban J connectivity index is 1.45. The van der Waals surface area contributed by atoms with Gasteiger partial charge in [0.1, 0.15) is 12.3 Å². The predicted molar refractivity (Wildman–Crippen MR) is 157 cm³/mol. The van der Waals surface area contributed by atoms with E-state index in [4.69, 9.17) is 9.47 Å². The number of ether oxygens (including phenoxy) is 2. The van der Waals surface area contributed by atoms with Crippen molar-refractivity contribution in [1.29, 1.82) is 0 Å². The topological polar surface area (TPSA) is 109 Å². The molecule has 0 spiro atoms. The van der Waals surface area contributed by atoms with Crippen LogP contribution in [0.2, 0.25) is 0 Å². The minimum atomic E-state index is -0.614. The minimum Gasteiger partial charge on any atom is -0.497 e. The van der Waals surface area contributed by atoms with Crippen molar-refractivity contribution in [2.24, 2.45) is 0 Å². The van der Waals surface area contributed by atoms with E-state index in [-0.39, 0.29) is 35.9 Å². The molecule has 4 aromatic rings. The Hall–Kier alpha value is -4.50. The van der Waals surface area contributed by atoms with E-state index in [1.807, 2.05) is 30.3 Å². The summed E-state index contributed by atoms with van der Waals surface area (Å²) < 4.78 is 13.2. The van der Waals surface area contributed by atoms with Gasteiger partial charge in [-0.3, -0.25) is 23.5 Å². The van der Waals surface area contributed by atoms with E-state index in [1.54, 1.807) is 49.6 Å². The van der Waals surface area contributed by atoms with E-state index in [0.29, 0.717) is 36.4 Å². The molecular weight excluding hydrogens is 522 g/mol. The van der Waals surface area contributed by atoms with Crippen molar-refractivity contribution in [3.63, 3.8) is 0 Å². The third-order valence-corrected chi connectivity index (χ3v) is 7.35. The van der Waals surface area contributed by atoms with Gasteiger partial charge in [-0.15, -0.1) is 0 Å². The zero-order valence-electron chi connectivity index (χ0n) is 23.0. The molecule has 1 saturated heterocycles. The van der Waals surface area contributed by atoms with E-state index in [9.17, 15) is 19.2 Å². The molecule has 9 nitrogen and oxygen atoms in total. The van der Waals surface area contributed by atoms with Gasteiger partial charge < -0.3 is 14.8 Å². The van der Waals surface area contributed by atoms with Gasteiger partial charge in [-0.25, -0.2) is 4.79 Å². The number of amides is 1. The number of carbonyl (C=O) groups is 2. The number of hydrogen-bond donors (Lipinski definition) is 1. The summed E-state index contributed by atoms with van der Waals surface area (Å²) in [6.07, 6.45) is 3.12. The zero-order valence-corrected chi connectivity index (χ0v) is 23.0. The van der Waals surface area contributed by atoms with Crippen molar-refractivity contribution in [2.75, 3.05) is 19.0 Å². The van der Waals surface area contributed by atoms with Gasteiger partial charge in [0, 0.05) is 24.3 Å². The number of fused-ring (bicyclic) bond motifs is 1. The summed E-state index contributed by atoms with van der Waals surface area (Å²) in [5.41, 5.74) is 1.26. The van der Waals surface area contributed by atoms with Crippen LogP contribution in [-0.2, 0) is 29.0 Å². The molecule has 1 atom stereocenters. The summed E-state index contributed by atoms with van der Waals surface area (Å²) in [6, 6.07) is 21.5. The smallest absolute Gasteiger partial charge is 0.332 e. The summed E-state index contributed by atoms with van der Waals surface area (Å²) in [5.74, 6) is 0.112. The van der Waals surface area contributed by atoms with E-state index in [0.717, 1.165) is 29.4 Å². The fourth-order valence-corrected chi connectivity index (χ4v) is 5.16. The largest absolute Gasteiger partial charge is 0.497 e. The number of anilines is 1. The zero-order chi connectivity index (χ0) is 28.8. The van der Waals surface area contributed by atoms with Crippen molar-refractivity contribution in [2.45, 2.75) is 51.3 Å². The summed E-state index contributed by atoms with van der Waals surface area (Å²) in [4.78, 5) is 53.3. The Kier molecular flexibility index (Phi) is 8.74. The number of aryl methyl sites for hydroxylation is 1. The first-order valence-corrected chi connectivity index (χ1v) is 13.8. The van der Waals surface area contributed by atoms with Gasteiger partial charge in [0.15, 0.2) is 5.78 Å². The Morgan fingerprint density at radius 1 is 1.00 bits per heavy atom. The highest BCUT2D eigenvalue weighted by molar-refractivity contribution is 5.99. The molecule has 9 heteroatoms. The molecule has 0 bridgehead atoms. The maximum absolute atomic E-state index is 13.7. The van der Waals surface area contributed by atoms with Crippen LogP contribution >= 0.6 is 0 Å². The number of methoxy groups -OCH3 is 1. The van der Waals surface area contributed by atoms with Crippen LogP contribution < -0.4 is 21.3 Å². The van der Waals surface area contributed by atoms with Gasteiger partial charge >= 0.3 is 5.69 Å². The van der Waals surface area contributed by atoms with Crippen molar-refractivity contribution in [1.82, 2.24) is 9.13 Å². The first-order valence-electron chi connectivity index (χ1n) is 13.8. The lowest BCUT2D eigenvalue weighted by Crippen LogP contribution is -2.43. The highest BCUT2D eigenvalue weighted by atomic mass is 16.5. The maximum atomic E-state index is 13.7. The quantitative estimate of drug-likeness (QED) is 0.278. The average molecular weight is 556 g/mol. The molecule has 1 unspecified atom stereocenters. The highest BCUT2D eigenvalue weighted by Crippen LogP contribution is 2.18. The molecule has 0 radical (unpaired) electrons. The molecule has 41 heavy (non-hydrogen) atoms. The number of nitrogens with zero attached hydrogens (tertiary/aromatic N) is 2. The standard InChI is InChI=1S/C32H33N3O6/c1-40-25-15-13-24(14-16-25)33-30(37)21-34-28-19-23(29(36)11-5-9-22-7-3-2-4-8-22)12-17-27(28)31(38)35(32(34)39)20-26-10-6-18-41-26/h2-4,7-8,12-17,19,26H,5-6,9-11,18,20-21H2,1H3,(H,33,37). The number of carbonyl (C=O) groups excluding carboxylic acids is 2. The van der Waals surface area contributed by atoms with Crippen LogP contribution in [0.15, 0.2) is 82.4 Å². The van der Waals surface area contributed by atoms with Crippen LogP contribution in [-0.4, -0.2) is 40.6 Å². The summed E-state index contributed by atoms with van der Waals surface area (Å²) in [6.45, 7) is 0.355. The second kappa shape index (κ2) is 12.8. The lowest BCUT2D eigenvalue weighted by Gasteiger charge is -2.17. The monoisotopic (exact) mass is 555 g/mol. The number of Topliss-reactive ketones (excluding diaryl/α,β-unsaturated/α-hetero) is 1. The molecule has 3 aromatic carbocycles. The highest BCUT2D eigenvalue weighted by Gasteiger charge is 2.22. The van der Waals surface area contributed by atoms with Gasteiger partial charge in [0.25, 0.3) is 5.56 Å². The van der Waals surface area contributed by atoms with Crippen LogP contribution in [0.25, 0.3) is 10.9 Å². The molecule has 1 N–H and O–H groups in total. The number of benzene rings is 3. The molecule has 2 heterocycles. The molecule has 212 valence electrons. The maximum Gasteiger partial charge on any atom is 0.332 e. The van der Waals surface area contributed by atoms with Gasteiger partial charge in [-0.2, -0.15) is 0 Å². The van der Waals surface area contributed by atoms with Crippen LogP contribution in [0.3, 0.4) is 0 Å². The number of nitrogens with one attached hydrogen (secondary N) is 1. The average Bonchev–Trinajstić information content (AvgIpc) is 3.51. The number of rotatable bonds is 11. The lowest BCUT2D eigenvalue weighted by molar-refractivity contribution is -0.116. The third-order valence-electron chi connectivity index (χ3n) is 7.35. The molecule has 0 aliphatic carbocycles. The molecule has 5 rings (SSSR count). The van der Waals surface area contributed by atoms with Crippen molar-refractivity contribution in [3.05, 3.63) is 105 Å². The summed E-state index contributed by atoms with van der Waals surface area (Å²) in [5, 5.41) is 3.05. The molecule has 1 aliphatic heterocycles. The van der Waals surface area contributed by atoms with E-state index in [1.165, 1.54) is 4.57 Å². The second-order valence-corrected chi connectivity index (χ2v) is 10.2. The first kappa shape index (κ1) is 28.0. The van der Waals surface area contributed by atoms with Crippen molar-refractivity contribution in [3.8, 4) is 5.75 Å². The van der Waals surface area contributed by atoms with Crippen molar-refractivity contribution >= 4 is 28.3 Å². The molecule has 1 aromatic heterocycles. The van der Waals surface area contributed by atoms with E-state index in [2.05, 4.69) is 5.32 Å². The van der Waals surface area contributed by atoms with Crippen LogP contribution in [0.4, 0.5) is 5.69 Å². The Morgan fingerprint density at radius 2 is 1.78 bits per heavy atom. The van der Waals surface area contributed by atoms with Crippen LogP contribution in [0.5, 0.6) is 5.75 Å². The Labute approximate surface area is 237 Å².